The van der Waals surface area contributed by atoms with E-state index < -0.39 is 0 Å². The quantitative estimate of drug-likeness (QED) is 0.654. The lowest BCUT2D eigenvalue weighted by Gasteiger charge is -2.03. The molecule has 0 atom stereocenters. The number of alkyl halides is 1. The number of benzene rings is 1. The van der Waals surface area contributed by atoms with Gasteiger partial charge < -0.3 is 0 Å². The van der Waals surface area contributed by atoms with Gasteiger partial charge in [-0.15, -0.1) is 0 Å². The first kappa shape index (κ1) is 9.01. The minimum Gasteiger partial charge on any atom is -0.205 e. The third-order valence-electron chi connectivity index (χ3n) is 1.56. The molecule has 0 amide bonds. The highest BCUT2D eigenvalue weighted by molar-refractivity contribution is 9.08. The van der Waals surface area contributed by atoms with Crippen LogP contribution in [0.15, 0.2) is 12.1 Å². The Labute approximate surface area is 78.5 Å². The highest BCUT2D eigenvalue weighted by Crippen LogP contribution is 2.22. The maximum absolute atomic E-state index is 13.1. The summed E-state index contributed by atoms with van der Waals surface area (Å²) in [6, 6.07) is 3.38. The molecule has 0 heterocycles. The summed E-state index contributed by atoms with van der Waals surface area (Å²) < 4.78 is 13.1. The molecule has 3 heteroatoms. The molecule has 0 fully saturated rings. The largest absolute Gasteiger partial charge is 0.205 e. The molecule has 1 rings (SSSR count). The van der Waals surface area contributed by atoms with Crippen molar-refractivity contribution < 1.29 is 4.39 Å². The van der Waals surface area contributed by atoms with Crippen molar-refractivity contribution in [3.05, 3.63) is 34.1 Å². The van der Waals surface area contributed by atoms with Gasteiger partial charge >= 0.3 is 0 Å². The normalized spacial score (nSPS) is 10.2. The summed E-state index contributed by atoms with van der Waals surface area (Å²) in [6.07, 6.45) is 0. The first-order valence-electron chi connectivity index (χ1n) is 3.16. The molecular formula is C8H7BrClF. The smallest absolute Gasteiger partial charge is 0.146 e. The average molecular weight is 237 g/mol. The SMILES string of the molecule is Cc1ccc(Cl)c(F)c1CBr. The van der Waals surface area contributed by atoms with Crippen LogP contribution >= 0.6 is 27.5 Å². The average Bonchev–Trinajstić information content (AvgIpc) is 1.99. The summed E-state index contributed by atoms with van der Waals surface area (Å²) in [6.45, 7) is 1.86. The Morgan fingerprint density at radius 1 is 1.55 bits per heavy atom. The fourth-order valence-corrected chi connectivity index (χ4v) is 1.72. The van der Waals surface area contributed by atoms with Gasteiger partial charge in [0, 0.05) is 10.9 Å². The molecule has 0 bridgehead atoms. The Bertz CT molecular complexity index is 273. The van der Waals surface area contributed by atoms with Crippen molar-refractivity contribution in [2.45, 2.75) is 12.3 Å². The van der Waals surface area contributed by atoms with E-state index in [-0.39, 0.29) is 10.8 Å². The lowest BCUT2D eigenvalue weighted by Crippen LogP contribution is -1.90. The van der Waals surface area contributed by atoms with Crippen molar-refractivity contribution in [1.29, 1.82) is 0 Å². The molecule has 0 saturated carbocycles. The molecule has 0 unspecified atom stereocenters. The van der Waals surface area contributed by atoms with Crippen molar-refractivity contribution in [2.24, 2.45) is 0 Å². The molecule has 0 nitrogen and oxygen atoms in total. The van der Waals surface area contributed by atoms with Gasteiger partial charge in [0.05, 0.1) is 5.02 Å². The van der Waals surface area contributed by atoms with E-state index in [1.165, 1.54) is 0 Å². The van der Waals surface area contributed by atoms with E-state index in [0.29, 0.717) is 10.9 Å². The molecule has 0 radical (unpaired) electrons. The monoisotopic (exact) mass is 236 g/mol. The van der Waals surface area contributed by atoms with Gasteiger partial charge in [-0.05, 0) is 18.6 Å². The van der Waals surface area contributed by atoms with Crippen LogP contribution in [0, 0.1) is 12.7 Å². The zero-order valence-electron chi connectivity index (χ0n) is 6.00. The van der Waals surface area contributed by atoms with Gasteiger partial charge in [0.15, 0.2) is 0 Å². The van der Waals surface area contributed by atoms with Gasteiger partial charge in [-0.3, -0.25) is 0 Å². The fourth-order valence-electron chi connectivity index (χ4n) is 0.853. The van der Waals surface area contributed by atoms with Gasteiger partial charge in [-0.2, -0.15) is 0 Å². The van der Waals surface area contributed by atoms with Crippen LogP contribution in [0.4, 0.5) is 4.39 Å². The third kappa shape index (κ3) is 1.74. The first-order chi connectivity index (χ1) is 5.16. The Hall–Kier alpha value is -0.0800. The van der Waals surface area contributed by atoms with Gasteiger partial charge in [0.25, 0.3) is 0 Å². The summed E-state index contributed by atoms with van der Waals surface area (Å²) in [7, 11) is 0. The van der Waals surface area contributed by atoms with Crippen molar-refractivity contribution >= 4 is 27.5 Å². The van der Waals surface area contributed by atoms with Crippen LogP contribution < -0.4 is 0 Å². The molecule has 0 saturated heterocycles. The van der Waals surface area contributed by atoms with Crippen molar-refractivity contribution in [3.63, 3.8) is 0 Å². The molecule has 0 spiro atoms. The molecule has 1 aromatic rings. The van der Waals surface area contributed by atoms with Gasteiger partial charge in [0.1, 0.15) is 5.82 Å². The van der Waals surface area contributed by atoms with Crippen LogP contribution in [0.25, 0.3) is 0 Å². The van der Waals surface area contributed by atoms with Gasteiger partial charge in [-0.1, -0.05) is 33.6 Å². The summed E-state index contributed by atoms with van der Waals surface area (Å²) in [4.78, 5) is 0. The zero-order valence-corrected chi connectivity index (χ0v) is 8.34. The second kappa shape index (κ2) is 3.55. The van der Waals surface area contributed by atoms with Crippen molar-refractivity contribution in [3.8, 4) is 0 Å². The first-order valence-corrected chi connectivity index (χ1v) is 4.66. The lowest BCUT2D eigenvalue weighted by atomic mass is 10.1. The molecule has 11 heavy (non-hydrogen) atoms. The number of halogens is 3. The highest BCUT2D eigenvalue weighted by atomic mass is 79.9. The minimum atomic E-state index is -0.316. The highest BCUT2D eigenvalue weighted by Gasteiger charge is 2.07. The number of aryl methyl sites for hydroxylation is 1. The van der Waals surface area contributed by atoms with E-state index in [0.717, 1.165) is 5.56 Å². The number of hydrogen-bond donors (Lipinski definition) is 0. The second-order valence-corrected chi connectivity index (χ2v) is 3.26. The molecule has 60 valence electrons. The molecule has 0 aliphatic heterocycles. The summed E-state index contributed by atoms with van der Waals surface area (Å²) >= 11 is 8.76. The van der Waals surface area contributed by atoms with E-state index in [1.54, 1.807) is 6.07 Å². The maximum atomic E-state index is 13.1. The Morgan fingerprint density at radius 2 is 2.18 bits per heavy atom. The molecule has 1 aromatic carbocycles. The van der Waals surface area contributed by atoms with Crippen LogP contribution in [0.5, 0.6) is 0 Å². The topological polar surface area (TPSA) is 0 Å². The van der Waals surface area contributed by atoms with E-state index in [2.05, 4.69) is 15.9 Å². The van der Waals surface area contributed by atoms with Crippen LogP contribution in [-0.4, -0.2) is 0 Å². The minimum absolute atomic E-state index is 0.185. The predicted octanol–water partition coefficient (Wildman–Crippen LogP) is 3.68. The fraction of sp³-hybridized carbons (Fsp3) is 0.250. The van der Waals surface area contributed by atoms with E-state index in [4.69, 9.17) is 11.6 Å². The molecule has 0 aromatic heterocycles. The molecular weight excluding hydrogens is 230 g/mol. The van der Waals surface area contributed by atoms with E-state index in [9.17, 15) is 4.39 Å². The Morgan fingerprint density at radius 3 is 2.64 bits per heavy atom. The summed E-state index contributed by atoms with van der Waals surface area (Å²) in [5.41, 5.74) is 1.56. The lowest BCUT2D eigenvalue weighted by molar-refractivity contribution is 0.616. The van der Waals surface area contributed by atoms with Gasteiger partial charge in [0.2, 0.25) is 0 Å². The zero-order chi connectivity index (χ0) is 8.43. The van der Waals surface area contributed by atoms with Crippen molar-refractivity contribution in [1.82, 2.24) is 0 Å². The van der Waals surface area contributed by atoms with Crippen LogP contribution in [0.3, 0.4) is 0 Å². The number of rotatable bonds is 1. The Balaban J connectivity index is 3.29. The second-order valence-electron chi connectivity index (χ2n) is 2.29. The van der Waals surface area contributed by atoms with Crippen LogP contribution in [0.2, 0.25) is 5.02 Å². The molecule has 0 N–H and O–H groups in total. The molecule has 0 aliphatic carbocycles. The third-order valence-corrected chi connectivity index (χ3v) is 2.42. The van der Waals surface area contributed by atoms with E-state index >= 15 is 0 Å². The Kier molecular flexibility index (Phi) is 2.90. The summed E-state index contributed by atoms with van der Waals surface area (Å²) in [5, 5.41) is 0.690. The summed E-state index contributed by atoms with van der Waals surface area (Å²) in [5.74, 6) is -0.316. The van der Waals surface area contributed by atoms with Crippen molar-refractivity contribution in [2.75, 3.05) is 0 Å². The maximum Gasteiger partial charge on any atom is 0.146 e. The van der Waals surface area contributed by atoms with Crippen LogP contribution in [0.1, 0.15) is 11.1 Å². The molecule has 0 aliphatic rings. The standard InChI is InChI=1S/C8H7BrClF/c1-5-2-3-7(10)8(11)6(5)4-9/h2-3H,4H2,1H3. The number of hydrogen-bond acceptors (Lipinski definition) is 0. The van der Waals surface area contributed by atoms with E-state index in [1.807, 2.05) is 13.0 Å². The van der Waals surface area contributed by atoms with Crippen LogP contribution in [-0.2, 0) is 5.33 Å². The van der Waals surface area contributed by atoms with Gasteiger partial charge in [-0.25, -0.2) is 4.39 Å². The predicted molar refractivity (Wildman–Crippen MR) is 48.8 cm³/mol.